The van der Waals surface area contributed by atoms with Gasteiger partial charge in [-0.15, -0.1) is 0 Å². The molecule has 0 heterocycles. The number of amides is 1. The van der Waals surface area contributed by atoms with Crippen molar-refractivity contribution in [2.24, 2.45) is 0 Å². The molecule has 27 heavy (non-hydrogen) atoms. The van der Waals surface area contributed by atoms with Gasteiger partial charge in [0, 0.05) is 12.1 Å². The van der Waals surface area contributed by atoms with Crippen molar-refractivity contribution in [2.75, 3.05) is 11.9 Å². The number of hydrogen-bond acceptors (Lipinski definition) is 3. The summed E-state index contributed by atoms with van der Waals surface area (Å²) in [6.45, 7) is -0.457. The van der Waals surface area contributed by atoms with E-state index in [0.29, 0.717) is 29.8 Å². The second-order valence-electron chi connectivity index (χ2n) is 5.81. The Morgan fingerprint density at radius 1 is 1.07 bits per heavy atom. The maximum atomic E-state index is 12.7. The highest BCUT2D eigenvalue weighted by molar-refractivity contribution is 5.90. The van der Waals surface area contributed by atoms with Gasteiger partial charge in [0.2, 0.25) is 5.91 Å². The molecular weight excluding hydrogens is 363 g/mol. The first-order valence-corrected chi connectivity index (χ1v) is 8.14. The fourth-order valence-corrected chi connectivity index (χ4v) is 2.36. The maximum Gasteiger partial charge on any atom is 0.416 e. The van der Waals surface area contributed by atoms with Crippen LogP contribution in [0.2, 0.25) is 0 Å². The standard InChI is InChI=1S/C19H18F3NO4/c20-19(21,22)14-5-1-3-13(11-14)4-2-6-17(24)23-15-7-9-16(10-8-15)27-12-18(25)26/h1,3,5,7-11H,2,4,6,12H2,(H,23,24)(H,25,26). The maximum absolute atomic E-state index is 12.7. The van der Waals surface area contributed by atoms with Gasteiger partial charge >= 0.3 is 12.1 Å². The molecule has 0 aromatic heterocycles. The number of aliphatic carboxylic acids is 1. The van der Waals surface area contributed by atoms with Crippen molar-refractivity contribution in [3.8, 4) is 5.75 Å². The summed E-state index contributed by atoms with van der Waals surface area (Å²) in [6, 6.07) is 11.3. The second-order valence-corrected chi connectivity index (χ2v) is 5.81. The number of carboxylic acids is 1. The van der Waals surface area contributed by atoms with E-state index in [0.717, 1.165) is 12.1 Å². The molecule has 2 aromatic carbocycles. The number of nitrogens with one attached hydrogen (secondary N) is 1. The van der Waals surface area contributed by atoms with Crippen LogP contribution < -0.4 is 10.1 Å². The predicted molar refractivity (Wildman–Crippen MR) is 92.6 cm³/mol. The summed E-state index contributed by atoms with van der Waals surface area (Å²) >= 11 is 0. The van der Waals surface area contributed by atoms with Crippen molar-refractivity contribution in [3.05, 3.63) is 59.7 Å². The van der Waals surface area contributed by atoms with Gasteiger partial charge in [0.1, 0.15) is 5.75 Å². The molecule has 0 saturated heterocycles. The van der Waals surface area contributed by atoms with Crippen molar-refractivity contribution in [1.29, 1.82) is 0 Å². The van der Waals surface area contributed by atoms with E-state index in [1.54, 1.807) is 18.2 Å². The van der Waals surface area contributed by atoms with Crippen LogP contribution in [-0.4, -0.2) is 23.6 Å². The Kier molecular flexibility index (Phi) is 6.81. The topological polar surface area (TPSA) is 75.6 Å². The summed E-state index contributed by atoms with van der Waals surface area (Å²) in [5, 5.41) is 11.2. The first kappa shape index (κ1) is 20.3. The average Bonchev–Trinajstić information content (AvgIpc) is 2.60. The van der Waals surface area contributed by atoms with Crippen molar-refractivity contribution in [3.63, 3.8) is 0 Å². The lowest BCUT2D eigenvalue weighted by molar-refractivity contribution is -0.139. The SMILES string of the molecule is O=C(O)COc1ccc(NC(=O)CCCc2cccc(C(F)(F)F)c2)cc1. The largest absolute Gasteiger partial charge is 0.482 e. The Hall–Kier alpha value is -3.03. The average molecular weight is 381 g/mol. The molecule has 2 N–H and O–H groups in total. The van der Waals surface area contributed by atoms with E-state index in [4.69, 9.17) is 9.84 Å². The molecule has 0 spiro atoms. The monoisotopic (exact) mass is 381 g/mol. The number of carbonyl (C=O) groups is 2. The molecule has 5 nitrogen and oxygen atoms in total. The molecule has 0 aliphatic heterocycles. The van der Waals surface area contributed by atoms with Crippen LogP contribution in [0.15, 0.2) is 48.5 Å². The van der Waals surface area contributed by atoms with E-state index in [-0.39, 0.29) is 12.3 Å². The smallest absolute Gasteiger partial charge is 0.416 e. The summed E-state index contributed by atoms with van der Waals surface area (Å²) in [7, 11) is 0. The Labute approximate surface area is 153 Å². The first-order chi connectivity index (χ1) is 12.7. The predicted octanol–water partition coefficient (Wildman–Crippen LogP) is 4.13. The minimum atomic E-state index is -4.38. The molecule has 0 unspecified atom stereocenters. The number of benzene rings is 2. The van der Waals surface area contributed by atoms with Crippen molar-refractivity contribution < 1.29 is 32.6 Å². The molecule has 1 amide bonds. The van der Waals surface area contributed by atoms with Crippen LogP contribution in [0, 0.1) is 0 Å². The van der Waals surface area contributed by atoms with Crippen LogP contribution in [-0.2, 0) is 22.2 Å². The van der Waals surface area contributed by atoms with E-state index in [1.807, 2.05) is 0 Å². The molecule has 8 heteroatoms. The van der Waals surface area contributed by atoms with E-state index < -0.39 is 24.3 Å². The van der Waals surface area contributed by atoms with Crippen LogP contribution in [0.3, 0.4) is 0 Å². The zero-order chi connectivity index (χ0) is 19.9. The number of aryl methyl sites for hydroxylation is 1. The second kappa shape index (κ2) is 9.07. The third-order valence-electron chi connectivity index (χ3n) is 3.62. The molecule has 0 atom stereocenters. The van der Waals surface area contributed by atoms with Crippen molar-refractivity contribution in [1.82, 2.24) is 0 Å². The lowest BCUT2D eigenvalue weighted by atomic mass is 10.0. The zero-order valence-corrected chi connectivity index (χ0v) is 14.3. The number of alkyl halides is 3. The highest BCUT2D eigenvalue weighted by Crippen LogP contribution is 2.29. The Morgan fingerprint density at radius 3 is 2.41 bits per heavy atom. The third kappa shape index (κ3) is 7.01. The highest BCUT2D eigenvalue weighted by atomic mass is 19.4. The van der Waals surface area contributed by atoms with Gasteiger partial charge < -0.3 is 15.2 Å². The van der Waals surface area contributed by atoms with E-state index in [9.17, 15) is 22.8 Å². The number of halogens is 3. The molecular formula is C19H18F3NO4. The minimum absolute atomic E-state index is 0.160. The van der Waals surface area contributed by atoms with E-state index in [1.165, 1.54) is 18.2 Å². The fraction of sp³-hybridized carbons (Fsp3) is 0.263. The number of carbonyl (C=O) groups excluding carboxylic acids is 1. The van der Waals surface area contributed by atoms with Gasteiger partial charge in [-0.3, -0.25) is 4.79 Å². The molecule has 0 fully saturated rings. The molecule has 0 radical (unpaired) electrons. The van der Waals surface area contributed by atoms with Gasteiger partial charge in [-0.2, -0.15) is 13.2 Å². The van der Waals surface area contributed by atoms with Crippen LogP contribution in [0.4, 0.5) is 18.9 Å². The van der Waals surface area contributed by atoms with Gasteiger partial charge in [0.25, 0.3) is 0 Å². The number of rotatable bonds is 8. The number of ether oxygens (including phenoxy) is 1. The lowest BCUT2D eigenvalue weighted by Gasteiger charge is -2.09. The van der Waals surface area contributed by atoms with Gasteiger partial charge in [-0.1, -0.05) is 18.2 Å². The first-order valence-electron chi connectivity index (χ1n) is 8.14. The van der Waals surface area contributed by atoms with Crippen LogP contribution >= 0.6 is 0 Å². The molecule has 0 aliphatic carbocycles. The number of anilines is 1. The van der Waals surface area contributed by atoms with Gasteiger partial charge in [0.15, 0.2) is 6.61 Å². The Bertz CT molecular complexity index is 788. The molecule has 0 saturated carbocycles. The summed E-state index contributed by atoms with van der Waals surface area (Å²) in [6.07, 6.45) is -3.45. The molecule has 0 bridgehead atoms. The molecule has 0 aliphatic rings. The lowest BCUT2D eigenvalue weighted by Crippen LogP contribution is -2.12. The quantitative estimate of drug-likeness (QED) is 0.721. The van der Waals surface area contributed by atoms with Gasteiger partial charge in [-0.25, -0.2) is 4.79 Å². The summed E-state index contributed by atoms with van der Waals surface area (Å²) < 4.78 is 43.0. The fourth-order valence-electron chi connectivity index (χ4n) is 2.36. The van der Waals surface area contributed by atoms with Gasteiger partial charge in [-0.05, 0) is 48.7 Å². The van der Waals surface area contributed by atoms with Crippen LogP contribution in [0.5, 0.6) is 5.75 Å². The minimum Gasteiger partial charge on any atom is -0.482 e. The Balaban J connectivity index is 1.79. The third-order valence-corrected chi connectivity index (χ3v) is 3.62. The highest BCUT2D eigenvalue weighted by Gasteiger charge is 2.30. The van der Waals surface area contributed by atoms with Crippen LogP contribution in [0.1, 0.15) is 24.0 Å². The number of hydrogen-bond donors (Lipinski definition) is 2. The van der Waals surface area contributed by atoms with E-state index >= 15 is 0 Å². The molecule has 144 valence electrons. The zero-order valence-electron chi connectivity index (χ0n) is 14.3. The van der Waals surface area contributed by atoms with E-state index in [2.05, 4.69) is 5.32 Å². The normalized spacial score (nSPS) is 11.1. The van der Waals surface area contributed by atoms with Crippen LogP contribution in [0.25, 0.3) is 0 Å². The van der Waals surface area contributed by atoms with Crippen molar-refractivity contribution >= 4 is 17.6 Å². The summed E-state index contributed by atoms with van der Waals surface area (Å²) in [4.78, 5) is 22.3. The van der Waals surface area contributed by atoms with Gasteiger partial charge in [0.05, 0.1) is 5.56 Å². The number of carboxylic acid groups (broad SMARTS) is 1. The Morgan fingerprint density at radius 2 is 1.78 bits per heavy atom. The molecule has 2 rings (SSSR count). The summed E-state index contributed by atoms with van der Waals surface area (Å²) in [5.74, 6) is -0.991. The summed E-state index contributed by atoms with van der Waals surface area (Å²) in [5.41, 5.74) is 0.342. The van der Waals surface area contributed by atoms with Crippen molar-refractivity contribution in [2.45, 2.75) is 25.4 Å². The molecule has 2 aromatic rings.